The van der Waals surface area contributed by atoms with E-state index in [0.29, 0.717) is 5.82 Å². The van der Waals surface area contributed by atoms with Crippen LogP contribution in [0.15, 0.2) is 11.2 Å². The Morgan fingerprint density at radius 3 is 2.47 bits per heavy atom. The second-order valence-corrected chi connectivity index (χ2v) is 6.65. The molecular formula is C11H17F2N3O2S. The first-order valence-electron chi connectivity index (χ1n) is 6.10. The first-order chi connectivity index (χ1) is 8.70. The summed E-state index contributed by atoms with van der Waals surface area (Å²) in [4.78, 5) is 3.94. The van der Waals surface area contributed by atoms with Crippen molar-refractivity contribution >= 4 is 10.0 Å². The van der Waals surface area contributed by atoms with Crippen LogP contribution in [-0.2, 0) is 17.1 Å². The highest BCUT2D eigenvalue weighted by atomic mass is 32.2. The Morgan fingerprint density at radius 1 is 1.42 bits per heavy atom. The molecule has 0 radical (unpaired) electrons. The molecule has 0 atom stereocenters. The minimum atomic E-state index is -3.73. The van der Waals surface area contributed by atoms with E-state index in [4.69, 9.17) is 0 Å². The molecule has 8 heteroatoms. The van der Waals surface area contributed by atoms with Crippen molar-refractivity contribution < 1.29 is 17.2 Å². The molecular weight excluding hydrogens is 276 g/mol. The number of aryl methyl sites for hydroxylation is 2. The first-order valence-corrected chi connectivity index (χ1v) is 7.58. The second kappa shape index (κ2) is 4.82. The molecule has 1 N–H and O–H groups in total. The zero-order valence-corrected chi connectivity index (χ0v) is 11.7. The van der Waals surface area contributed by atoms with Gasteiger partial charge in [-0.3, -0.25) is 0 Å². The third-order valence-electron chi connectivity index (χ3n) is 3.40. The van der Waals surface area contributed by atoms with Gasteiger partial charge in [-0.25, -0.2) is 26.9 Å². The molecule has 1 aliphatic rings. The molecule has 1 aromatic heterocycles. The van der Waals surface area contributed by atoms with Crippen LogP contribution in [0.4, 0.5) is 8.78 Å². The Balaban J connectivity index is 2.06. The first kappa shape index (κ1) is 14.4. The molecule has 0 aliphatic heterocycles. The molecule has 1 heterocycles. The third-order valence-corrected chi connectivity index (χ3v) is 4.79. The third kappa shape index (κ3) is 3.30. The van der Waals surface area contributed by atoms with Gasteiger partial charge >= 0.3 is 0 Å². The molecule has 1 aromatic rings. The molecule has 1 fully saturated rings. The zero-order chi connectivity index (χ0) is 14.3. The van der Waals surface area contributed by atoms with Gasteiger partial charge in [0.25, 0.3) is 10.0 Å². The van der Waals surface area contributed by atoms with Crippen LogP contribution in [0, 0.1) is 6.92 Å². The maximum Gasteiger partial charge on any atom is 0.259 e. The highest BCUT2D eigenvalue weighted by Crippen LogP contribution is 2.33. The van der Waals surface area contributed by atoms with E-state index in [1.807, 2.05) is 0 Å². The van der Waals surface area contributed by atoms with Crippen molar-refractivity contribution in [3.05, 3.63) is 12.0 Å². The predicted molar refractivity (Wildman–Crippen MR) is 65.5 cm³/mol. The summed E-state index contributed by atoms with van der Waals surface area (Å²) in [6.45, 7) is 1.69. The summed E-state index contributed by atoms with van der Waals surface area (Å²) in [7, 11) is -2.03. The number of hydrogen-bond acceptors (Lipinski definition) is 3. The van der Waals surface area contributed by atoms with Gasteiger partial charge in [-0.2, -0.15) is 0 Å². The Hall–Kier alpha value is -1.02. The van der Waals surface area contributed by atoms with E-state index in [2.05, 4.69) is 9.71 Å². The van der Waals surface area contributed by atoms with Crippen molar-refractivity contribution in [2.45, 2.75) is 49.6 Å². The number of hydrogen-bond donors (Lipinski definition) is 1. The fourth-order valence-corrected chi connectivity index (χ4v) is 3.44. The average molecular weight is 293 g/mol. The molecule has 0 bridgehead atoms. The molecule has 0 unspecified atom stereocenters. The lowest BCUT2D eigenvalue weighted by Crippen LogP contribution is -2.40. The Morgan fingerprint density at radius 2 is 2.00 bits per heavy atom. The lowest BCUT2D eigenvalue weighted by Gasteiger charge is -2.28. The van der Waals surface area contributed by atoms with Crippen molar-refractivity contribution in [1.82, 2.24) is 14.3 Å². The lowest BCUT2D eigenvalue weighted by molar-refractivity contribution is -0.0387. The fraction of sp³-hybridized carbons (Fsp3) is 0.727. The SMILES string of the molecule is Cc1nc(S(=O)(=O)NC2CCC(F)(F)CC2)cn1C. The summed E-state index contributed by atoms with van der Waals surface area (Å²) in [5.74, 6) is -2.08. The Kier molecular flexibility index (Phi) is 3.65. The maximum atomic E-state index is 13.0. The van der Waals surface area contributed by atoms with Gasteiger partial charge in [-0.15, -0.1) is 0 Å². The second-order valence-electron chi connectivity index (χ2n) is 4.99. The van der Waals surface area contributed by atoms with Gasteiger partial charge < -0.3 is 4.57 Å². The fourth-order valence-electron chi connectivity index (χ4n) is 2.09. The van der Waals surface area contributed by atoms with Crippen LogP contribution in [0.1, 0.15) is 31.5 Å². The van der Waals surface area contributed by atoms with Gasteiger partial charge in [0.05, 0.1) is 0 Å². The summed E-state index contributed by atoms with van der Waals surface area (Å²) in [5.41, 5.74) is 0. The molecule has 0 aromatic carbocycles. The van der Waals surface area contributed by atoms with Crippen LogP contribution in [0.2, 0.25) is 0 Å². The molecule has 5 nitrogen and oxygen atoms in total. The van der Waals surface area contributed by atoms with E-state index in [9.17, 15) is 17.2 Å². The molecule has 1 saturated carbocycles. The van der Waals surface area contributed by atoms with Gasteiger partial charge in [-0.1, -0.05) is 0 Å². The lowest BCUT2D eigenvalue weighted by atomic mass is 9.93. The Labute approximate surface area is 111 Å². The average Bonchev–Trinajstić information content (AvgIpc) is 2.63. The molecule has 0 spiro atoms. The number of sulfonamides is 1. The van der Waals surface area contributed by atoms with Gasteiger partial charge in [0.1, 0.15) is 5.82 Å². The number of rotatable bonds is 3. The summed E-state index contributed by atoms with van der Waals surface area (Å²) in [6.07, 6.45) is 1.16. The highest BCUT2D eigenvalue weighted by molar-refractivity contribution is 7.89. The minimum Gasteiger partial charge on any atom is -0.337 e. The maximum absolute atomic E-state index is 13.0. The van der Waals surface area contributed by atoms with E-state index in [1.165, 1.54) is 6.20 Å². The molecule has 0 saturated heterocycles. The predicted octanol–water partition coefficient (Wildman–Crippen LogP) is 1.58. The summed E-state index contributed by atoms with van der Waals surface area (Å²) in [6, 6.07) is -0.438. The highest BCUT2D eigenvalue weighted by Gasteiger charge is 2.36. The molecule has 0 amide bonds. The number of imidazole rings is 1. The van der Waals surface area contributed by atoms with Gasteiger partial charge in [0.2, 0.25) is 5.92 Å². The van der Waals surface area contributed by atoms with Crippen molar-refractivity contribution in [1.29, 1.82) is 0 Å². The largest absolute Gasteiger partial charge is 0.337 e. The monoisotopic (exact) mass is 293 g/mol. The summed E-state index contributed by atoms with van der Waals surface area (Å²) in [5, 5.41) is -0.0650. The van der Waals surface area contributed by atoms with Crippen LogP contribution in [0.25, 0.3) is 0 Å². The molecule has 2 rings (SSSR count). The van der Waals surface area contributed by atoms with Crippen LogP contribution in [0.3, 0.4) is 0 Å². The van der Waals surface area contributed by atoms with E-state index < -0.39 is 22.0 Å². The van der Waals surface area contributed by atoms with E-state index in [1.54, 1.807) is 18.5 Å². The van der Waals surface area contributed by atoms with Crippen molar-refractivity contribution in [3.63, 3.8) is 0 Å². The van der Waals surface area contributed by atoms with Crippen LogP contribution in [0.5, 0.6) is 0 Å². The van der Waals surface area contributed by atoms with Crippen molar-refractivity contribution in [3.8, 4) is 0 Å². The van der Waals surface area contributed by atoms with Crippen molar-refractivity contribution in [2.75, 3.05) is 0 Å². The van der Waals surface area contributed by atoms with E-state index in [-0.39, 0.29) is 30.7 Å². The number of nitrogens with one attached hydrogen (secondary N) is 1. The van der Waals surface area contributed by atoms with Crippen LogP contribution >= 0.6 is 0 Å². The van der Waals surface area contributed by atoms with Crippen molar-refractivity contribution in [2.24, 2.45) is 7.05 Å². The molecule has 108 valence electrons. The zero-order valence-electron chi connectivity index (χ0n) is 10.9. The van der Waals surface area contributed by atoms with Gasteiger partial charge in [0, 0.05) is 32.1 Å². The topological polar surface area (TPSA) is 64.0 Å². The van der Waals surface area contributed by atoms with Gasteiger partial charge in [0.15, 0.2) is 5.03 Å². The molecule has 1 aliphatic carbocycles. The van der Waals surface area contributed by atoms with Crippen LogP contribution < -0.4 is 4.72 Å². The number of aromatic nitrogens is 2. The standard InChI is InChI=1S/C11H17F2N3O2S/c1-8-14-10(7-16(8)2)19(17,18)15-9-3-5-11(12,13)6-4-9/h7,9,15H,3-6H2,1-2H3. The summed E-state index contributed by atoms with van der Waals surface area (Å²) < 4.78 is 54.2. The summed E-state index contributed by atoms with van der Waals surface area (Å²) >= 11 is 0. The Bertz CT molecular complexity index is 539. The number of alkyl halides is 2. The smallest absolute Gasteiger partial charge is 0.259 e. The minimum absolute atomic E-state index is 0.0650. The number of halogens is 2. The normalized spacial score (nSPS) is 20.6. The van der Waals surface area contributed by atoms with Crippen LogP contribution in [-0.4, -0.2) is 29.9 Å². The van der Waals surface area contributed by atoms with Gasteiger partial charge in [-0.05, 0) is 19.8 Å². The van der Waals surface area contributed by atoms with E-state index in [0.717, 1.165) is 0 Å². The molecule has 19 heavy (non-hydrogen) atoms. The quantitative estimate of drug-likeness (QED) is 0.920. The number of nitrogens with zero attached hydrogens (tertiary/aromatic N) is 2. The van der Waals surface area contributed by atoms with E-state index >= 15 is 0 Å².